The Kier molecular flexibility index (Phi) is 4.33. The van der Waals surface area contributed by atoms with E-state index in [9.17, 15) is 4.79 Å². The highest BCUT2D eigenvalue weighted by molar-refractivity contribution is 5.80. The summed E-state index contributed by atoms with van der Waals surface area (Å²) in [5, 5.41) is 4.50. The fourth-order valence-corrected chi connectivity index (χ4v) is 4.19. The quantitative estimate of drug-likeness (QED) is 0.695. The number of hydrogen-bond acceptors (Lipinski definition) is 5. The van der Waals surface area contributed by atoms with Crippen LogP contribution in [0.25, 0.3) is 16.8 Å². The summed E-state index contributed by atoms with van der Waals surface area (Å²) >= 11 is 0. The lowest BCUT2D eigenvalue weighted by molar-refractivity contribution is -0.133. The second-order valence-corrected chi connectivity index (χ2v) is 7.69. The van der Waals surface area contributed by atoms with E-state index >= 15 is 0 Å². The van der Waals surface area contributed by atoms with Crippen LogP contribution >= 0.6 is 0 Å². The van der Waals surface area contributed by atoms with Gasteiger partial charge >= 0.3 is 0 Å². The van der Waals surface area contributed by atoms with E-state index < -0.39 is 0 Å². The first-order chi connectivity index (χ1) is 13.7. The molecule has 2 aliphatic heterocycles. The molecule has 1 aromatic carbocycles. The minimum Gasteiger partial charge on any atom is -0.378 e. The molecule has 7 nitrogen and oxygen atoms in total. The maximum atomic E-state index is 12.5. The summed E-state index contributed by atoms with van der Waals surface area (Å²) in [7, 11) is 1.89. The molecule has 2 bridgehead atoms. The molecule has 4 heterocycles. The van der Waals surface area contributed by atoms with Crippen molar-refractivity contribution in [3.05, 3.63) is 54.5 Å². The van der Waals surface area contributed by atoms with Crippen LogP contribution in [-0.4, -0.2) is 69.7 Å². The van der Waals surface area contributed by atoms with E-state index in [1.807, 2.05) is 53.3 Å². The van der Waals surface area contributed by atoms with E-state index in [1.54, 1.807) is 0 Å². The number of likely N-dealkylation sites (N-methyl/N-ethyl adjacent to an activating group) is 1. The number of aromatic nitrogens is 3. The molecule has 0 saturated carbocycles. The van der Waals surface area contributed by atoms with E-state index in [0.29, 0.717) is 19.8 Å². The van der Waals surface area contributed by atoms with Crippen molar-refractivity contribution in [2.24, 2.45) is 5.92 Å². The van der Waals surface area contributed by atoms with Gasteiger partial charge in [0.05, 0.1) is 31.4 Å². The van der Waals surface area contributed by atoms with Gasteiger partial charge in [0.1, 0.15) is 0 Å². The molecule has 2 fully saturated rings. The van der Waals surface area contributed by atoms with Gasteiger partial charge in [-0.2, -0.15) is 5.10 Å². The van der Waals surface area contributed by atoms with Crippen LogP contribution in [0, 0.1) is 5.92 Å². The van der Waals surface area contributed by atoms with Crippen molar-refractivity contribution in [1.82, 2.24) is 24.4 Å². The monoisotopic (exact) mass is 377 g/mol. The van der Waals surface area contributed by atoms with Crippen LogP contribution in [0.1, 0.15) is 5.56 Å². The standard InChI is InChI=1S/C21H23N5O2/c1-24-18-12-25(11-17(21(24)27)13-28-14-18)9-15-7-22-20-19(8-23-26(20)10-15)16-5-3-2-4-6-16/h2-8,10,17-18H,9,11-14H2,1H3/t17-,18+/m1/s1. The molecule has 7 heteroatoms. The second kappa shape index (κ2) is 7.00. The highest BCUT2D eigenvalue weighted by Gasteiger charge is 2.37. The molecule has 2 saturated heterocycles. The summed E-state index contributed by atoms with van der Waals surface area (Å²) in [6.07, 6.45) is 5.83. The van der Waals surface area contributed by atoms with Gasteiger partial charge in [-0.05, 0) is 5.56 Å². The number of ether oxygens (including phenoxy) is 1. The Labute approximate surface area is 163 Å². The summed E-state index contributed by atoms with van der Waals surface area (Å²) in [5.74, 6) is 0.0988. The average molecular weight is 377 g/mol. The average Bonchev–Trinajstić information content (AvgIpc) is 3.03. The van der Waals surface area contributed by atoms with Crippen molar-refractivity contribution in [2.45, 2.75) is 12.6 Å². The number of rotatable bonds is 3. The largest absolute Gasteiger partial charge is 0.378 e. The van der Waals surface area contributed by atoms with E-state index in [4.69, 9.17) is 4.74 Å². The SMILES string of the molecule is CN1C(=O)[C@H]2COC[C@@H]1CN(Cc1cnc3c(-c4ccccc4)cnn3c1)C2. The lowest BCUT2D eigenvalue weighted by Crippen LogP contribution is -2.42. The Morgan fingerprint density at radius 3 is 2.86 bits per heavy atom. The molecule has 5 rings (SSSR count). The third kappa shape index (κ3) is 3.06. The summed E-state index contributed by atoms with van der Waals surface area (Å²) in [4.78, 5) is 21.4. The fraction of sp³-hybridized carbons (Fsp3) is 0.381. The number of carbonyl (C=O) groups is 1. The molecule has 3 aromatic rings. The van der Waals surface area contributed by atoms with E-state index in [1.165, 1.54) is 0 Å². The molecular weight excluding hydrogens is 354 g/mol. The van der Waals surface area contributed by atoms with Gasteiger partial charge in [-0.15, -0.1) is 0 Å². The first kappa shape index (κ1) is 17.3. The van der Waals surface area contributed by atoms with Gasteiger partial charge in [-0.3, -0.25) is 9.69 Å². The van der Waals surface area contributed by atoms with Crippen LogP contribution in [0.5, 0.6) is 0 Å². The van der Waals surface area contributed by atoms with Crippen LogP contribution in [0.15, 0.2) is 48.9 Å². The molecule has 1 amide bonds. The fourth-order valence-electron chi connectivity index (χ4n) is 4.19. The predicted molar refractivity (Wildman–Crippen MR) is 105 cm³/mol. The minimum absolute atomic E-state index is 0.0939. The molecule has 2 aromatic heterocycles. The van der Waals surface area contributed by atoms with Gasteiger partial charge in [0.2, 0.25) is 5.91 Å². The minimum atomic E-state index is -0.0939. The summed E-state index contributed by atoms with van der Waals surface area (Å²) in [5.41, 5.74) is 4.08. The predicted octanol–water partition coefficient (Wildman–Crippen LogP) is 1.69. The van der Waals surface area contributed by atoms with Crippen molar-refractivity contribution < 1.29 is 9.53 Å². The molecule has 0 radical (unpaired) electrons. The number of benzene rings is 1. The molecule has 0 unspecified atom stereocenters. The van der Waals surface area contributed by atoms with E-state index in [-0.39, 0.29) is 17.9 Å². The molecule has 2 aliphatic rings. The van der Waals surface area contributed by atoms with Gasteiger partial charge in [0.15, 0.2) is 5.65 Å². The molecule has 0 N–H and O–H groups in total. The molecule has 0 aliphatic carbocycles. The number of carbonyl (C=O) groups excluding carboxylic acids is 1. The number of amides is 1. The molecule has 144 valence electrons. The Morgan fingerprint density at radius 2 is 2.00 bits per heavy atom. The van der Waals surface area contributed by atoms with E-state index in [0.717, 1.165) is 35.4 Å². The Hall–Kier alpha value is -2.77. The first-order valence-corrected chi connectivity index (χ1v) is 9.63. The van der Waals surface area contributed by atoms with Gasteiger partial charge in [0, 0.05) is 50.2 Å². The van der Waals surface area contributed by atoms with E-state index in [2.05, 4.69) is 27.1 Å². The van der Waals surface area contributed by atoms with Crippen molar-refractivity contribution in [3.63, 3.8) is 0 Å². The Bertz CT molecular complexity index is 1000. The first-order valence-electron chi connectivity index (χ1n) is 9.63. The summed E-state index contributed by atoms with van der Waals surface area (Å²) < 4.78 is 7.53. The maximum absolute atomic E-state index is 12.5. The van der Waals surface area contributed by atoms with Crippen molar-refractivity contribution in [2.75, 3.05) is 33.4 Å². The zero-order valence-corrected chi connectivity index (χ0v) is 15.9. The smallest absolute Gasteiger partial charge is 0.229 e. The molecule has 0 spiro atoms. The highest BCUT2D eigenvalue weighted by Crippen LogP contribution is 2.24. The normalized spacial score (nSPS) is 23.2. The topological polar surface area (TPSA) is 63.0 Å². The van der Waals surface area contributed by atoms with Crippen molar-refractivity contribution >= 4 is 11.6 Å². The maximum Gasteiger partial charge on any atom is 0.229 e. The number of nitrogens with zero attached hydrogens (tertiary/aromatic N) is 5. The highest BCUT2D eigenvalue weighted by atomic mass is 16.5. The Morgan fingerprint density at radius 1 is 1.14 bits per heavy atom. The van der Waals surface area contributed by atoms with Crippen LogP contribution in [-0.2, 0) is 16.1 Å². The molecule has 28 heavy (non-hydrogen) atoms. The third-order valence-corrected chi connectivity index (χ3v) is 5.72. The zero-order chi connectivity index (χ0) is 19.1. The zero-order valence-electron chi connectivity index (χ0n) is 15.9. The number of hydrogen-bond donors (Lipinski definition) is 0. The number of fused-ring (bicyclic) bond motifs is 4. The van der Waals surface area contributed by atoms with Crippen LogP contribution in [0.2, 0.25) is 0 Å². The van der Waals surface area contributed by atoms with Crippen molar-refractivity contribution in [1.29, 1.82) is 0 Å². The van der Waals surface area contributed by atoms with Gasteiger partial charge in [0.25, 0.3) is 0 Å². The molecule has 2 atom stereocenters. The van der Waals surface area contributed by atoms with Crippen LogP contribution < -0.4 is 0 Å². The van der Waals surface area contributed by atoms with Gasteiger partial charge in [-0.25, -0.2) is 9.50 Å². The summed E-state index contributed by atoms with van der Waals surface area (Å²) in [6, 6.07) is 10.3. The summed E-state index contributed by atoms with van der Waals surface area (Å²) in [6.45, 7) is 3.38. The van der Waals surface area contributed by atoms with Gasteiger partial charge < -0.3 is 9.64 Å². The second-order valence-electron chi connectivity index (χ2n) is 7.69. The third-order valence-electron chi connectivity index (χ3n) is 5.72. The van der Waals surface area contributed by atoms with Crippen LogP contribution in [0.4, 0.5) is 0 Å². The Balaban J connectivity index is 1.39. The lowest BCUT2D eigenvalue weighted by Gasteiger charge is -2.29. The van der Waals surface area contributed by atoms with Crippen molar-refractivity contribution in [3.8, 4) is 11.1 Å². The van der Waals surface area contributed by atoms with Crippen LogP contribution in [0.3, 0.4) is 0 Å². The molecular formula is C21H23N5O2. The van der Waals surface area contributed by atoms with Gasteiger partial charge in [-0.1, -0.05) is 30.3 Å². The lowest BCUT2D eigenvalue weighted by atomic mass is 10.1.